The molecule has 0 spiro atoms. The van der Waals surface area contributed by atoms with Crippen LogP contribution in [0, 0.1) is 0 Å². The van der Waals surface area contributed by atoms with E-state index in [4.69, 9.17) is 10.5 Å². The molecular weight excluding hydrogens is 268 g/mol. The van der Waals surface area contributed by atoms with Crippen molar-refractivity contribution in [3.8, 4) is 16.9 Å². The largest absolute Gasteiger partial charge is 0.487 e. The second-order valence-corrected chi connectivity index (χ2v) is 5.22. The van der Waals surface area contributed by atoms with Crippen LogP contribution in [0.25, 0.3) is 11.1 Å². The number of nitrogens with two attached hydrogens (primary N) is 1. The average molecular weight is 282 g/mol. The van der Waals surface area contributed by atoms with E-state index in [0.29, 0.717) is 11.7 Å². The van der Waals surface area contributed by atoms with Gasteiger partial charge in [-0.25, -0.2) is 4.98 Å². The Labute approximate surface area is 121 Å². The van der Waals surface area contributed by atoms with Crippen molar-refractivity contribution in [2.45, 2.75) is 6.61 Å². The Morgan fingerprint density at radius 1 is 1.00 bits per heavy atom. The lowest BCUT2D eigenvalue weighted by molar-refractivity contribution is 0.303. The summed E-state index contributed by atoms with van der Waals surface area (Å²) in [6.45, 7) is 0.428. The summed E-state index contributed by atoms with van der Waals surface area (Å²) in [5.41, 5.74) is 8.70. The first-order chi connectivity index (χ1) is 9.83. The van der Waals surface area contributed by atoms with Gasteiger partial charge < -0.3 is 10.5 Å². The highest BCUT2D eigenvalue weighted by Gasteiger charge is 2.06. The second-order valence-electron chi connectivity index (χ2n) is 4.33. The molecule has 3 rings (SSSR count). The molecule has 20 heavy (non-hydrogen) atoms. The van der Waals surface area contributed by atoms with E-state index in [-0.39, 0.29) is 0 Å². The molecular formula is C16H14N2OS. The van der Waals surface area contributed by atoms with Gasteiger partial charge in [0.15, 0.2) is 5.13 Å². The molecule has 0 amide bonds. The smallest absolute Gasteiger partial charge is 0.180 e. The van der Waals surface area contributed by atoms with Crippen LogP contribution in [0.2, 0.25) is 0 Å². The highest BCUT2D eigenvalue weighted by Crippen LogP contribution is 2.30. The molecule has 0 saturated heterocycles. The van der Waals surface area contributed by atoms with Crippen molar-refractivity contribution in [3.05, 3.63) is 65.7 Å². The molecule has 0 bridgehead atoms. The molecule has 0 saturated carbocycles. The number of ether oxygens (including phenoxy) is 1. The molecule has 100 valence electrons. The highest BCUT2D eigenvalue weighted by atomic mass is 32.1. The minimum absolute atomic E-state index is 0.428. The van der Waals surface area contributed by atoms with Gasteiger partial charge in [-0.15, -0.1) is 11.3 Å². The molecule has 1 aromatic heterocycles. The van der Waals surface area contributed by atoms with E-state index in [1.165, 1.54) is 11.3 Å². The predicted molar refractivity (Wildman–Crippen MR) is 82.7 cm³/mol. The van der Waals surface area contributed by atoms with Crippen molar-refractivity contribution >= 4 is 16.5 Å². The first-order valence-corrected chi connectivity index (χ1v) is 7.18. The van der Waals surface area contributed by atoms with Crippen molar-refractivity contribution in [3.63, 3.8) is 0 Å². The second kappa shape index (κ2) is 5.75. The summed E-state index contributed by atoms with van der Waals surface area (Å²) in [4.78, 5) is 4.20. The third-order valence-corrected chi connectivity index (χ3v) is 3.64. The van der Waals surface area contributed by atoms with Crippen molar-refractivity contribution in [1.29, 1.82) is 0 Å². The fourth-order valence-corrected chi connectivity index (χ4v) is 2.54. The summed E-state index contributed by atoms with van der Waals surface area (Å²) in [7, 11) is 0. The Bertz CT molecular complexity index is 694. The van der Waals surface area contributed by atoms with E-state index in [0.717, 1.165) is 22.6 Å². The molecule has 0 radical (unpaired) electrons. The summed E-state index contributed by atoms with van der Waals surface area (Å²) < 4.78 is 5.88. The maximum Gasteiger partial charge on any atom is 0.180 e. The lowest BCUT2D eigenvalue weighted by Crippen LogP contribution is -1.97. The fraction of sp³-hybridized carbons (Fsp3) is 0.0625. The van der Waals surface area contributed by atoms with E-state index in [9.17, 15) is 0 Å². The molecule has 4 heteroatoms. The van der Waals surface area contributed by atoms with Gasteiger partial charge in [0.1, 0.15) is 12.4 Å². The third-order valence-electron chi connectivity index (χ3n) is 2.92. The molecule has 2 N–H and O–H groups in total. The summed E-state index contributed by atoms with van der Waals surface area (Å²) >= 11 is 1.43. The van der Waals surface area contributed by atoms with Crippen LogP contribution in [0.1, 0.15) is 5.69 Å². The minimum Gasteiger partial charge on any atom is -0.487 e. The Morgan fingerprint density at radius 3 is 2.50 bits per heavy atom. The van der Waals surface area contributed by atoms with Gasteiger partial charge in [-0.05, 0) is 11.6 Å². The van der Waals surface area contributed by atoms with Gasteiger partial charge in [0.2, 0.25) is 0 Å². The minimum atomic E-state index is 0.428. The van der Waals surface area contributed by atoms with Gasteiger partial charge >= 0.3 is 0 Å². The van der Waals surface area contributed by atoms with Crippen LogP contribution in [0.4, 0.5) is 5.13 Å². The Morgan fingerprint density at radius 2 is 1.75 bits per heavy atom. The number of aromatic nitrogens is 1. The normalized spacial score (nSPS) is 10.4. The van der Waals surface area contributed by atoms with Crippen molar-refractivity contribution in [2.75, 3.05) is 5.73 Å². The molecule has 1 heterocycles. The Balaban J connectivity index is 1.83. The summed E-state index contributed by atoms with van der Waals surface area (Å²) in [6, 6.07) is 18.2. The third kappa shape index (κ3) is 2.81. The lowest BCUT2D eigenvalue weighted by atomic mass is 10.1. The molecule has 0 fully saturated rings. The summed E-state index contributed by atoms with van der Waals surface area (Å²) in [5, 5.41) is 2.49. The van der Waals surface area contributed by atoms with E-state index in [1.807, 2.05) is 41.8 Å². The quantitative estimate of drug-likeness (QED) is 0.787. The van der Waals surface area contributed by atoms with Crippen LogP contribution in [-0.4, -0.2) is 4.98 Å². The van der Waals surface area contributed by atoms with E-state index in [2.05, 4.69) is 23.2 Å². The number of hydrogen-bond acceptors (Lipinski definition) is 4. The lowest BCUT2D eigenvalue weighted by Gasteiger charge is -2.10. The number of rotatable bonds is 4. The van der Waals surface area contributed by atoms with Crippen molar-refractivity contribution in [1.82, 2.24) is 4.98 Å². The zero-order valence-electron chi connectivity index (χ0n) is 10.8. The van der Waals surface area contributed by atoms with E-state index >= 15 is 0 Å². The Kier molecular flexibility index (Phi) is 3.65. The van der Waals surface area contributed by atoms with Crippen LogP contribution >= 0.6 is 11.3 Å². The monoisotopic (exact) mass is 282 g/mol. The Hall–Kier alpha value is -2.33. The van der Waals surface area contributed by atoms with Gasteiger partial charge in [-0.1, -0.05) is 48.5 Å². The standard InChI is InChI=1S/C16H14N2OS/c17-16-18-13(11-20-16)10-19-15-9-5-4-8-14(15)12-6-2-1-3-7-12/h1-9,11H,10H2,(H2,17,18). The predicted octanol–water partition coefficient (Wildman–Crippen LogP) is 3.97. The highest BCUT2D eigenvalue weighted by molar-refractivity contribution is 7.13. The van der Waals surface area contributed by atoms with Crippen LogP contribution in [-0.2, 0) is 6.61 Å². The zero-order chi connectivity index (χ0) is 13.8. The van der Waals surface area contributed by atoms with Crippen molar-refractivity contribution in [2.24, 2.45) is 0 Å². The number of thiazole rings is 1. The number of benzene rings is 2. The maximum absolute atomic E-state index is 5.88. The topological polar surface area (TPSA) is 48.1 Å². The van der Waals surface area contributed by atoms with Crippen molar-refractivity contribution < 1.29 is 4.74 Å². The molecule has 0 aliphatic heterocycles. The molecule has 0 aliphatic carbocycles. The first kappa shape index (κ1) is 12.7. The van der Waals surface area contributed by atoms with E-state index < -0.39 is 0 Å². The van der Waals surface area contributed by atoms with Crippen LogP contribution in [0.5, 0.6) is 5.75 Å². The SMILES string of the molecule is Nc1nc(COc2ccccc2-c2ccccc2)cs1. The van der Waals surface area contributed by atoms with Gasteiger partial charge in [0.25, 0.3) is 0 Å². The number of hydrogen-bond donors (Lipinski definition) is 1. The number of anilines is 1. The molecule has 0 aliphatic rings. The van der Waals surface area contributed by atoms with Crippen LogP contribution in [0.3, 0.4) is 0 Å². The van der Waals surface area contributed by atoms with E-state index in [1.54, 1.807) is 0 Å². The molecule has 3 nitrogen and oxygen atoms in total. The number of nitrogens with zero attached hydrogens (tertiary/aromatic N) is 1. The summed E-state index contributed by atoms with van der Waals surface area (Å²) in [6.07, 6.45) is 0. The molecule has 2 aromatic carbocycles. The molecule has 0 unspecified atom stereocenters. The molecule has 0 atom stereocenters. The van der Waals surface area contributed by atoms with Crippen LogP contribution in [0.15, 0.2) is 60.0 Å². The number of para-hydroxylation sites is 1. The van der Waals surface area contributed by atoms with Gasteiger partial charge in [-0.2, -0.15) is 0 Å². The van der Waals surface area contributed by atoms with Crippen LogP contribution < -0.4 is 10.5 Å². The number of nitrogen functional groups attached to an aromatic ring is 1. The zero-order valence-corrected chi connectivity index (χ0v) is 11.6. The fourth-order valence-electron chi connectivity index (χ4n) is 1.99. The van der Waals surface area contributed by atoms with Gasteiger partial charge in [0.05, 0.1) is 5.69 Å². The maximum atomic E-state index is 5.88. The van der Waals surface area contributed by atoms with Gasteiger partial charge in [0, 0.05) is 10.9 Å². The summed E-state index contributed by atoms with van der Waals surface area (Å²) in [5.74, 6) is 0.852. The first-order valence-electron chi connectivity index (χ1n) is 6.30. The average Bonchev–Trinajstić information content (AvgIpc) is 2.92. The van der Waals surface area contributed by atoms with Gasteiger partial charge in [-0.3, -0.25) is 0 Å². The molecule has 3 aromatic rings.